The molecule has 56 heteroatoms. The van der Waals surface area contributed by atoms with Crippen molar-refractivity contribution in [2.75, 3.05) is 69.6 Å². The van der Waals surface area contributed by atoms with Crippen molar-refractivity contribution >= 4 is 183 Å². The first kappa shape index (κ1) is 103. The van der Waals surface area contributed by atoms with E-state index in [4.69, 9.17) is 14.5 Å². The van der Waals surface area contributed by atoms with Crippen molar-refractivity contribution in [2.24, 2.45) is 21.1 Å². The van der Waals surface area contributed by atoms with Crippen LogP contribution in [0.15, 0.2) is 107 Å². The maximum atomic E-state index is 13.4. The zero-order chi connectivity index (χ0) is 90.8. The minimum Gasteiger partial charge on any atom is -1.00 e. The molecule has 1 radical (unpaired) electrons. The molecule has 16 heterocycles. The van der Waals surface area contributed by atoms with Crippen LogP contribution in [0.5, 0.6) is 0 Å². The monoisotopic (exact) mass is 1990 g/mol. The maximum absolute atomic E-state index is 13.4. The predicted octanol–water partition coefficient (Wildman–Crippen LogP) is 1.83. The van der Waals surface area contributed by atoms with Crippen LogP contribution in [-0.2, 0) is 96.7 Å². The summed E-state index contributed by atoms with van der Waals surface area (Å²) in [6, 6.07) is 13.8. The summed E-state index contributed by atoms with van der Waals surface area (Å²) in [5.74, 6) is -0.463. The Morgan fingerprint density at radius 3 is 1.37 bits per heavy atom. The number of ketones is 1. The van der Waals surface area contributed by atoms with Gasteiger partial charge in [-0.1, -0.05) is 45.8 Å². The first-order valence-corrected chi connectivity index (χ1v) is 47.7. The number of rotatable bonds is 23. The van der Waals surface area contributed by atoms with Crippen molar-refractivity contribution in [1.29, 1.82) is 0 Å². The number of ether oxygens (including phenoxy) is 1. The van der Waals surface area contributed by atoms with Crippen molar-refractivity contribution in [3.05, 3.63) is 180 Å². The number of aromatic nitrogens is 24. The van der Waals surface area contributed by atoms with E-state index in [0.29, 0.717) is 70.0 Å². The molecule has 127 heavy (non-hydrogen) atoms. The summed E-state index contributed by atoms with van der Waals surface area (Å²) in [6.45, 7) is 12.7. The van der Waals surface area contributed by atoms with Crippen molar-refractivity contribution in [2.45, 2.75) is 103 Å². The number of fused-ring (bicyclic) bond motifs is 9. The molecule has 1 aliphatic heterocycles. The molecule has 0 aromatic carbocycles. The van der Waals surface area contributed by atoms with Gasteiger partial charge < -0.3 is 48.0 Å². The summed E-state index contributed by atoms with van der Waals surface area (Å²) in [6.07, 6.45) is 9.97. The Morgan fingerprint density at radius 1 is 0.575 bits per heavy atom. The number of carbonyl (C=O) groups is 2. The maximum Gasteiger partial charge on any atom is 2.00 e. The molecule has 3 N–H and O–H groups in total. The summed E-state index contributed by atoms with van der Waals surface area (Å²) in [4.78, 5) is 75.1. The topological polar surface area (TPSA) is 500 Å². The number of hydrogen-bond acceptors (Lipinski definition) is 30. The van der Waals surface area contributed by atoms with Crippen LogP contribution in [-0.4, -0.2) is 291 Å². The van der Waals surface area contributed by atoms with Crippen molar-refractivity contribution < 1.29 is 83.3 Å². The first-order chi connectivity index (χ1) is 58.3. The normalized spacial score (nSPS) is 13.4. The fourth-order valence-corrected chi connectivity index (χ4v) is 20.1. The Hall–Kier alpha value is -9.66. The summed E-state index contributed by atoms with van der Waals surface area (Å²) >= 11 is 3.76. The van der Waals surface area contributed by atoms with Gasteiger partial charge in [0.1, 0.15) is 38.0 Å². The molecule has 681 valence electrons. The quantitative estimate of drug-likeness (QED) is 0.0356. The van der Waals surface area contributed by atoms with Gasteiger partial charge in [0.15, 0.2) is 27.6 Å². The number of aliphatic hydroxyl groups is 1. The Labute approximate surface area is 765 Å². The average molecular weight is 1990 g/mol. The van der Waals surface area contributed by atoms with Gasteiger partial charge in [0.05, 0.1) is 69.4 Å². The van der Waals surface area contributed by atoms with E-state index in [-0.39, 0.29) is 102 Å². The van der Waals surface area contributed by atoms with Crippen LogP contribution in [0.1, 0.15) is 107 Å². The fourth-order valence-electron chi connectivity index (χ4n) is 12.2. The number of alkyl halides is 3. The summed E-state index contributed by atoms with van der Waals surface area (Å²) < 4.78 is 153. The standard InChI is InChI=1S/C21H26N10O6S3.C20H22N10O6S3.C17H16N8OS.C6H15Si.C4H8O.C2HF3O.CH3.BrH.Mg/c1-21(33,15-8-10-31(25-15)40(36,37)27(4)5)20-23-18-17(38-20)14-11-22-29(19(32)16(14)28(18)6)12-13-7-9-30(24-13)39(34,35)26(2)3;1-25(2)38(33,34)29-8-6-12(23-29)11-28-20(32)15-13(10-21-28)17-18(27(15)5)22-19(37-17)16(31)14-7-9-30(24-14)39(35,36)26(3)4;1-9(12-4-6-19-23-12)16-21-15-14(27-16)11-7-20-25(8-10-3-5-18-22-10)17(26)13(11)24(15)2;1-4-7(5-2)6-3;1-2-4-5-3-1;3-2(4,5)1-6;;;/h7-11,33H,12H2,1-6H3;6-10H,11H2,1-5H3;3-7,9H,8H2,1-2H3,(H,18,22)(H,19,23);4-6H2,1-3H3;1-4H2;1H;1H3;1H;/q;;;;;;-1;;+2/p-1. The zero-order valence-corrected chi connectivity index (χ0v) is 81.5. The molecule has 1 aliphatic rings. The first-order valence-electron chi connectivity index (χ1n) is 37.5. The number of aromatic amines is 2. The molecule has 16 rings (SSSR count). The molecule has 2 atom stereocenters. The number of thiazole rings is 3. The van der Waals surface area contributed by atoms with Gasteiger partial charge >= 0.3 is 70.1 Å². The van der Waals surface area contributed by atoms with E-state index in [1.165, 1.54) is 165 Å². The summed E-state index contributed by atoms with van der Waals surface area (Å²) in [5, 5.41) is 57.1. The number of nitrogens with one attached hydrogen (secondary N) is 2. The van der Waals surface area contributed by atoms with Gasteiger partial charge in [-0.3, -0.25) is 34.2 Å². The van der Waals surface area contributed by atoms with Gasteiger partial charge in [-0.25, -0.2) is 29.0 Å². The van der Waals surface area contributed by atoms with Crippen LogP contribution >= 0.6 is 34.0 Å². The van der Waals surface area contributed by atoms with Gasteiger partial charge in [0, 0.05) is 164 Å². The number of H-pyrrole nitrogens is 2. The smallest absolute Gasteiger partial charge is 1.00 e. The van der Waals surface area contributed by atoms with E-state index in [0.717, 1.165) is 102 Å². The van der Waals surface area contributed by atoms with Gasteiger partial charge in [0.2, 0.25) is 12.1 Å². The van der Waals surface area contributed by atoms with Crippen molar-refractivity contribution in [1.82, 2.24) is 132 Å². The minimum absolute atomic E-state index is 0. The van der Waals surface area contributed by atoms with Gasteiger partial charge in [0.25, 0.3) is 16.7 Å². The van der Waals surface area contributed by atoms with Crippen LogP contribution in [0.3, 0.4) is 0 Å². The molecule has 0 aliphatic carbocycles. The number of aryl methyl sites for hydroxylation is 3. The van der Waals surface area contributed by atoms with Crippen LogP contribution in [0.2, 0.25) is 18.1 Å². The van der Waals surface area contributed by atoms with Gasteiger partial charge in [-0.2, -0.15) is 126 Å². The number of hydrogen-bond donors (Lipinski definition) is 3. The number of carbonyl (C=O) groups excluding carboxylic acids is 2. The van der Waals surface area contributed by atoms with E-state index in [2.05, 4.69) is 93.7 Å². The number of nitrogens with zero attached hydrogens (tertiary/aromatic N) is 26. The molecule has 43 nitrogen and oxygen atoms in total. The molecule has 1 saturated heterocycles. The second-order valence-electron chi connectivity index (χ2n) is 28.5. The third-order valence-corrected chi connectivity index (χ3v) is 32.4. The molecular formula is C71H91BrF3MgN28O15S7Si. The molecule has 1 fully saturated rings. The third-order valence-electron chi connectivity index (χ3n) is 19.4. The molecule has 2 unspecified atom stereocenters. The van der Waals surface area contributed by atoms with E-state index in [1.54, 1.807) is 53.2 Å². The Bertz CT molecular complexity index is 7060. The second kappa shape index (κ2) is 41.4. The van der Waals surface area contributed by atoms with Crippen LogP contribution < -0.4 is 33.7 Å². The minimum atomic E-state index is -4.64. The Balaban J connectivity index is 0.000000214. The van der Waals surface area contributed by atoms with Crippen molar-refractivity contribution in [3.8, 4) is 0 Å². The Kier molecular flexibility index (Phi) is 33.5. The Morgan fingerprint density at radius 2 is 0.969 bits per heavy atom. The van der Waals surface area contributed by atoms with Crippen LogP contribution in [0.25, 0.3) is 63.8 Å². The molecule has 0 bridgehead atoms. The second-order valence-corrected chi connectivity index (χ2v) is 43.2. The molecule has 0 saturated carbocycles. The molecule has 15 aromatic heterocycles. The van der Waals surface area contributed by atoms with Crippen LogP contribution in [0, 0.1) is 7.43 Å². The SMILES string of the molecule is C1CCOC1.CC(c1ccn[nH]1)c1nc2c(s1)c1cnn(Cc3ccn[nH]3)c(=O)c1n2C.CC[Si](CC)CC.CN(C)S(=O)(=O)n1ccc(Cn2ncc3c4sc(C(=O)c5ccn(S(=O)(=O)N(C)C)n5)nc4n(C)c3c2=O)n1.CN(C)S(=O)(=O)n1ccc(Cn2ncc3c4sc(C(C)(O)c5ccn(S(=O)(=O)N(C)C)n5)nc4n(C)c3c2=O)n1.O=CC(F)(F)F.[Br-].[CH3-].[Mg+2]. The van der Waals surface area contributed by atoms with Gasteiger partial charge in [-0.15, -0.1) is 34.0 Å². The van der Waals surface area contributed by atoms with E-state index >= 15 is 0 Å². The molecule has 0 amide bonds. The molecular weight excluding hydrogens is 1900 g/mol. The third kappa shape index (κ3) is 21.6. The van der Waals surface area contributed by atoms with Crippen molar-refractivity contribution in [3.63, 3.8) is 0 Å². The summed E-state index contributed by atoms with van der Waals surface area (Å²) in [5.41, 5.74) is 2.52. The van der Waals surface area contributed by atoms with Crippen LogP contribution in [0.4, 0.5) is 13.2 Å². The van der Waals surface area contributed by atoms with Gasteiger partial charge in [-0.05, 0) is 56.2 Å². The zero-order valence-electron chi connectivity index (χ0n) is 71.8. The number of halogens is 4. The largest absolute Gasteiger partial charge is 2.00 e. The number of aldehydes is 1. The van der Waals surface area contributed by atoms with E-state index < -0.39 is 75.8 Å². The predicted molar refractivity (Wildman–Crippen MR) is 471 cm³/mol. The molecule has 0 spiro atoms. The fraction of sp³-hybridized carbons (Fsp3) is 0.408. The van der Waals surface area contributed by atoms with E-state index in [1.807, 2.05) is 23.7 Å². The average Bonchev–Trinajstić information content (AvgIpc) is 1.58. The molecule has 15 aromatic rings. The summed E-state index contributed by atoms with van der Waals surface area (Å²) in [7, 11) is 0.940. The van der Waals surface area contributed by atoms with E-state index in [9.17, 15) is 71.1 Å².